The fraction of sp³-hybridized carbons (Fsp3) is 0.375. The van der Waals surface area contributed by atoms with Crippen molar-refractivity contribution in [2.24, 2.45) is 0 Å². The normalized spacial score (nSPS) is 24.2. The van der Waals surface area contributed by atoms with Gasteiger partial charge >= 0.3 is 6.03 Å². The van der Waals surface area contributed by atoms with E-state index in [0.29, 0.717) is 0 Å². The standard InChI is InChI=1S/C8H12N2O/c1-3-7-5-6-9-8(11)10(7)4-2/h3-4,7H,1-2,5-6H2,(H,9,11). The molecule has 1 N–H and O–H groups in total. The van der Waals surface area contributed by atoms with Gasteiger partial charge in [0.15, 0.2) is 0 Å². The minimum absolute atomic E-state index is 0.0869. The number of urea groups is 1. The van der Waals surface area contributed by atoms with E-state index in [1.165, 1.54) is 6.20 Å². The first kappa shape index (κ1) is 7.85. The average molecular weight is 152 g/mol. The van der Waals surface area contributed by atoms with Crippen LogP contribution >= 0.6 is 0 Å². The molecule has 3 heteroatoms. The number of nitrogens with one attached hydrogen (secondary N) is 1. The fourth-order valence-corrected chi connectivity index (χ4v) is 1.16. The second kappa shape index (κ2) is 3.23. The van der Waals surface area contributed by atoms with Gasteiger partial charge in [-0.2, -0.15) is 0 Å². The van der Waals surface area contributed by atoms with Crippen LogP contribution in [0.25, 0.3) is 0 Å². The highest BCUT2D eigenvalue weighted by molar-refractivity contribution is 5.76. The van der Waals surface area contributed by atoms with Crippen LogP contribution in [0.15, 0.2) is 25.4 Å². The molecule has 1 rings (SSSR count). The van der Waals surface area contributed by atoms with E-state index in [9.17, 15) is 4.79 Å². The van der Waals surface area contributed by atoms with Crippen LogP contribution in [0.4, 0.5) is 4.79 Å². The van der Waals surface area contributed by atoms with Crippen LogP contribution in [0.5, 0.6) is 0 Å². The van der Waals surface area contributed by atoms with Crippen LogP contribution in [0.2, 0.25) is 0 Å². The Hall–Kier alpha value is -1.25. The van der Waals surface area contributed by atoms with Crippen molar-refractivity contribution >= 4 is 6.03 Å². The molecule has 1 saturated heterocycles. The van der Waals surface area contributed by atoms with Gasteiger partial charge in [-0.15, -0.1) is 6.58 Å². The summed E-state index contributed by atoms with van der Waals surface area (Å²) in [7, 11) is 0. The van der Waals surface area contributed by atoms with E-state index in [0.717, 1.165) is 13.0 Å². The zero-order valence-electron chi connectivity index (χ0n) is 6.42. The largest absolute Gasteiger partial charge is 0.338 e. The minimum Gasteiger partial charge on any atom is -0.338 e. The van der Waals surface area contributed by atoms with Crippen molar-refractivity contribution in [3.8, 4) is 0 Å². The fourth-order valence-electron chi connectivity index (χ4n) is 1.16. The third-order valence-corrected chi connectivity index (χ3v) is 1.78. The maximum atomic E-state index is 11.1. The first-order valence-electron chi connectivity index (χ1n) is 3.61. The van der Waals surface area contributed by atoms with Crippen molar-refractivity contribution in [1.82, 2.24) is 10.2 Å². The van der Waals surface area contributed by atoms with E-state index < -0.39 is 0 Å². The number of rotatable bonds is 2. The highest BCUT2D eigenvalue weighted by atomic mass is 16.2. The Labute approximate surface area is 66.4 Å². The third-order valence-electron chi connectivity index (χ3n) is 1.78. The minimum atomic E-state index is -0.0869. The molecule has 0 aliphatic carbocycles. The number of hydrogen-bond donors (Lipinski definition) is 1. The van der Waals surface area contributed by atoms with E-state index in [4.69, 9.17) is 0 Å². The summed E-state index contributed by atoms with van der Waals surface area (Å²) in [6, 6.07) is 0.0254. The van der Waals surface area contributed by atoms with Gasteiger partial charge in [0.05, 0.1) is 6.04 Å². The molecule has 0 radical (unpaired) electrons. The lowest BCUT2D eigenvalue weighted by Crippen LogP contribution is -2.48. The SMILES string of the molecule is C=CC1CCNC(=O)N1C=C. The molecule has 2 amide bonds. The second-order valence-electron chi connectivity index (χ2n) is 2.41. The Kier molecular flexibility index (Phi) is 2.31. The first-order chi connectivity index (χ1) is 5.29. The lowest BCUT2D eigenvalue weighted by molar-refractivity contribution is 0.194. The van der Waals surface area contributed by atoms with Crippen molar-refractivity contribution < 1.29 is 4.79 Å². The average Bonchev–Trinajstić information content (AvgIpc) is 2.04. The molecule has 60 valence electrons. The topological polar surface area (TPSA) is 32.3 Å². The molecule has 1 atom stereocenters. The summed E-state index contributed by atoms with van der Waals surface area (Å²) in [5.74, 6) is 0. The van der Waals surface area contributed by atoms with E-state index in [-0.39, 0.29) is 12.1 Å². The molecule has 3 nitrogen and oxygen atoms in total. The number of nitrogens with zero attached hydrogens (tertiary/aromatic N) is 1. The molecule has 0 bridgehead atoms. The molecule has 1 fully saturated rings. The molecule has 0 aromatic heterocycles. The van der Waals surface area contributed by atoms with Crippen LogP contribution in [0, 0.1) is 0 Å². The van der Waals surface area contributed by atoms with Gasteiger partial charge in [0, 0.05) is 12.7 Å². The molecule has 1 aliphatic rings. The van der Waals surface area contributed by atoms with Crippen molar-refractivity contribution in [1.29, 1.82) is 0 Å². The van der Waals surface area contributed by atoms with Crippen LogP contribution in [0.1, 0.15) is 6.42 Å². The van der Waals surface area contributed by atoms with E-state index >= 15 is 0 Å². The van der Waals surface area contributed by atoms with E-state index in [1.54, 1.807) is 11.0 Å². The lowest BCUT2D eigenvalue weighted by Gasteiger charge is -2.30. The van der Waals surface area contributed by atoms with Gasteiger partial charge in [0.1, 0.15) is 0 Å². The zero-order valence-corrected chi connectivity index (χ0v) is 6.42. The molecule has 0 saturated carbocycles. The molecule has 1 heterocycles. The predicted molar refractivity (Wildman–Crippen MR) is 44.0 cm³/mol. The number of carbonyl (C=O) groups excluding carboxylic acids is 1. The Balaban J connectivity index is 2.70. The summed E-state index contributed by atoms with van der Waals surface area (Å²) in [6.07, 6.45) is 4.20. The van der Waals surface area contributed by atoms with Crippen LogP contribution in [-0.2, 0) is 0 Å². The van der Waals surface area contributed by atoms with Crippen molar-refractivity contribution in [3.63, 3.8) is 0 Å². The van der Waals surface area contributed by atoms with Gasteiger partial charge < -0.3 is 5.32 Å². The number of carbonyl (C=O) groups is 1. The molecule has 0 aromatic rings. The molecule has 0 aromatic carbocycles. The molecule has 11 heavy (non-hydrogen) atoms. The first-order valence-corrected chi connectivity index (χ1v) is 3.61. The van der Waals surface area contributed by atoms with Crippen molar-refractivity contribution in [3.05, 3.63) is 25.4 Å². The smallest absolute Gasteiger partial charge is 0.321 e. The molecular weight excluding hydrogens is 140 g/mol. The monoisotopic (exact) mass is 152 g/mol. The quantitative estimate of drug-likeness (QED) is 0.590. The van der Waals surface area contributed by atoms with Crippen molar-refractivity contribution in [2.75, 3.05) is 6.54 Å². The summed E-state index contributed by atoms with van der Waals surface area (Å²) in [5, 5.41) is 2.72. The third kappa shape index (κ3) is 1.42. The predicted octanol–water partition coefficient (Wildman–Crippen LogP) is 1.10. The highest BCUT2D eigenvalue weighted by Gasteiger charge is 2.22. The summed E-state index contributed by atoms with van der Waals surface area (Å²) in [5.41, 5.74) is 0. The van der Waals surface area contributed by atoms with Gasteiger partial charge in [0.2, 0.25) is 0 Å². The zero-order chi connectivity index (χ0) is 8.27. The Morgan fingerprint density at radius 3 is 2.82 bits per heavy atom. The number of hydrogen-bond acceptors (Lipinski definition) is 1. The summed E-state index contributed by atoms with van der Waals surface area (Å²) in [6.45, 7) is 7.92. The van der Waals surface area contributed by atoms with Gasteiger partial charge in [-0.05, 0) is 6.42 Å². The highest BCUT2D eigenvalue weighted by Crippen LogP contribution is 2.09. The van der Waals surface area contributed by atoms with Gasteiger partial charge in [-0.1, -0.05) is 12.7 Å². The lowest BCUT2D eigenvalue weighted by atomic mass is 10.1. The Morgan fingerprint density at radius 1 is 1.64 bits per heavy atom. The number of amides is 2. The van der Waals surface area contributed by atoms with Crippen LogP contribution in [0.3, 0.4) is 0 Å². The van der Waals surface area contributed by atoms with Crippen LogP contribution < -0.4 is 5.32 Å². The van der Waals surface area contributed by atoms with Gasteiger partial charge in [0.25, 0.3) is 0 Å². The van der Waals surface area contributed by atoms with E-state index in [1.807, 2.05) is 0 Å². The maximum Gasteiger partial charge on any atom is 0.321 e. The van der Waals surface area contributed by atoms with E-state index in [2.05, 4.69) is 18.5 Å². The van der Waals surface area contributed by atoms with Crippen LogP contribution in [-0.4, -0.2) is 23.5 Å². The Bertz CT molecular complexity index is 189. The summed E-state index contributed by atoms with van der Waals surface area (Å²) < 4.78 is 0. The second-order valence-corrected chi connectivity index (χ2v) is 2.41. The van der Waals surface area contributed by atoms with Gasteiger partial charge in [-0.3, -0.25) is 4.90 Å². The summed E-state index contributed by atoms with van der Waals surface area (Å²) >= 11 is 0. The molecular formula is C8H12N2O. The van der Waals surface area contributed by atoms with Gasteiger partial charge in [-0.25, -0.2) is 4.79 Å². The van der Waals surface area contributed by atoms with Crippen molar-refractivity contribution in [2.45, 2.75) is 12.5 Å². The maximum absolute atomic E-state index is 11.1. The Morgan fingerprint density at radius 2 is 2.36 bits per heavy atom. The summed E-state index contributed by atoms with van der Waals surface area (Å²) in [4.78, 5) is 12.6. The molecule has 1 unspecified atom stereocenters. The molecule has 1 aliphatic heterocycles. The molecule has 0 spiro atoms.